The van der Waals surface area contributed by atoms with Crippen molar-refractivity contribution in [1.29, 1.82) is 0 Å². The van der Waals surface area contributed by atoms with Gasteiger partial charge >= 0.3 is 0 Å². The van der Waals surface area contributed by atoms with E-state index in [1.807, 2.05) is 11.3 Å². The van der Waals surface area contributed by atoms with Crippen LogP contribution in [-0.2, 0) is 6.54 Å². The van der Waals surface area contributed by atoms with E-state index in [1.165, 1.54) is 43.4 Å². The average Bonchev–Trinajstić information content (AvgIpc) is 2.79. The van der Waals surface area contributed by atoms with Gasteiger partial charge in [-0.3, -0.25) is 4.90 Å². The largest absolute Gasteiger partial charge is 0.329 e. The van der Waals surface area contributed by atoms with Gasteiger partial charge in [-0.15, -0.1) is 11.3 Å². The van der Waals surface area contributed by atoms with E-state index in [-0.39, 0.29) is 5.54 Å². The molecular formula is C16H28N2S. The zero-order valence-electron chi connectivity index (χ0n) is 12.4. The molecule has 0 unspecified atom stereocenters. The Kier molecular flexibility index (Phi) is 5.43. The summed E-state index contributed by atoms with van der Waals surface area (Å²) in [7, 11) is 0. The third-order valence-electron chi connectivity index (χ3n) is 4.55. The minimum atomic E-state index is 0.231. The van der Waals surface area contributed by atoms with Gasteiger partial charge in [-0.1, -0.05) is 31.7 Å². The summed E-state index contributed by atoms with van der Waals surface area (Å²) in [6.45, 7) is 6.49. The van der Waals surface area contributed by atoms with Crippen LogP contribution in [0.2, 0.25) is 0 Å². The van der Waals surface area contributed by atoms with Gasteiger partial charge in [0.15, 0.2) is 0 Å². The molecule has 1 fully saturated rings. The van der Waals surface area contributed by atoms with Crippen LogP contribution in [0.3, 0.4) is 0 Å². The van der Waals surface area contributed by atoms with Gasteiger partial charge < -0.3 is 5.73 Å². The van der Waals surface area contributed by atoms with E-state index in [2.05, 4.69) is 36.3 Å². The molecule has 0 bridgehead atoms. The first-order valence-corrected chi connectivity index (χ1v) is 8.55. The molecule has 19 heavy (non-hydrogen) atoms. The van der Waals surface area contributed by atoms with Gasteiger partial charge in [0.05, 0.1) is 0 Å². The van der Waals surface area contributed by atoms with Crippen LogP contribution in [0.15, 0.2) is 17.5 Å². The van der Waals surface area contributed by atoms with Gasteiger partial charge in [0.2, 0.25) is 0 Å². The van der Waals surface area contributed by atoms with Crippen molar-refractivity contribution < 1.29 is 0 Å². The Morgan fingerprint density at radius 2 is 1.95 bits per heavy atom. The maximum atomic E-state index is 6.24. The lowest BCUT2D eigenvalue weighted by Gasteiger charge is -2.45. The lowest BCUT2D eigenvalue weighted by atomic mass is 9.87. The number of nitrogens with two attached hydrogens (primary N) is 1. The predicted molar refractivity (Wildman–Crippen MR) is 84.5 cm³/mol. The van der Waals surface area contributed by atoms with Crippen molar-refractivity contribution in [3.63, 3.8) is 0 Å². The van der Waals surface area contributed by atoms with E-state index in [4.69, 9.17) is 5.73 Å². The van der Waals surface area contributed by atoms with Crippen LogP contribution in [0, 0.1) is 0 Å². The molecule has 0 spiro atoms. The highest BCUT2D eigenvalue weighted by Gasteiger charge is 2.37. The van der Waals surface area contributed by atoms with Crippen LogP contribution in [0.1, 0.15) is 57.2 Å². The summed E-state index contributed by atoms with van der Waals surface area (Å²) in [5, 5.41) is 2.18. The van der Waals surface area contributed by atoms with E-state index < -0.39 is 0 Å². The highest BCUT2D eigenvalue weighted by atomic mass is 32.1. The van der Waals surface area contributed by atoms with E-state index >= 15 is 0 Å². The zero-order valence-corrected chi connectivity index (χ0v) is 13.2. The van der Waals surface area contributed by atoms with Crippen LogP contribution >= 0.6 is 11.3 Å². The molecule has 0 amide bonds. The summed E-state index contributed by atoms with van der Waals surface area (Å²) in [4.78, 5) is 4.13. The van der Waals surface area contributed by atoms with Crippen LogP contribution < -0.4 is 5.73 Å². The molecule has 0 atom stereocenters. The van der Waals surface area contributed by atoms with Crippen molar-refractivity contribution in [2.45, 2.75) is 70.5 Å². The molecular weight excluding hydrogens is 252 g/mol. The molecule has 0 aliphatic heterocycles. The lowest BCUT2D eigenvalue weighted by molar-refractivity contribution is 0.0407. The van der Waals surface area contributed by atoms with E-state index in [1.54, 1.807) is 0 Å². The van der Waals surface area contributed by atoms with E-state index in [0.717, 1.165) is 13.1 Å². The number of rotatable bonds is 5. The standard InChI is InChI=1S/C16H28N2S/c1-14(2)18(12-15-8-7-11-19-15)16(13-17)9-5-3-4-6-10-16/h7-8,11,14H,3-6,9-10,12-13,17H2,1-2H3. The Bertz CT molecular complexity index is 351. The third-order valence-corrected chi connectivity index (χ3v) is 5.41. The van der Waals surface area contributed by atoms with Crippen molar-refractivity contribution in [1.82, 2.24) is 4.90 Å². The highest BCUT2D eigenvalue weighted by Crippen LogP contribution is 2.34. The van der Waals surface area contributed by atoms with Crippen molar-refractivity contribution in [2.24, 2.45) is 5.73 Å². The second-order valence-electron chi connectivity index (χ2n) is 6.14. The molecule has 1 saturated carbocycles. The first-order valence-electron chi connectivity index (χ1n) is 7.67. The van der Waals surface area contributed by atoms with Crippen LogP contribution in [0.4, 0.5) is 0 Å². The molecule has 0 saturated heterocycles. The molecule has 2 N–H and O–H groups in total. The first-order chi connectivity index (χ1) is 9.18. The van der Waals surface area contributed by atoms with Crippen molar-refractivity contribution in [3.05, 3.63) is 22.4 Å². The Balaban J connectivity index is 2.18. The summed E-state index contributed by atoms with van der Waals surface area (Å²) in [6.07, 6.45) is 7.98. The second-order valence-corrected chi connectivity index (χ2v) is 7.18. The number of nitrogens with zero attached hydrogens (tertiary/aromatic N) is 1. The Hall–Kier alpha value is -0.380. The summed E-state index contributed by atoms with van der Waals surface area (Å²) in [6, 6.07) is 4.96. The molecule has 1 aromatic rings. The fourth-order valence-corrected chi connectivity index (χ4v) is 4.17. The topological polar surface area (TPSA) is 29.3 Å². The minimum Gasteiger partial charge on any atom is -0.329 e. The quantitative estimate of drug-likeness (QED) is 0.826. The van der Waals surface area contributed by atoms with Crippen molar-refractivity contribution in [2.75, 3.05) is 6.54 Å². The molecule has 108 valence electrons. The highest BCUT2D eigenvalue weighted by molar-refractivity contribution is 7.09. The second kappa shape index (κ2) is 6.87. The molecule has 1 aliphatic carbocycles. The van der Waals surface area contributed by atoms with Crippen LogP contribution in [-0.4, -0.2) is 23.0 Å². The average molecular weight is 280 g/mol. The third kappa shape index (κ3) is 3.59. The summed E-state index contributed by atoms with van der Waals surface area (Å²) >= 11 is 1.86. The monoisotopic (exact) mass is 280 g/mol. The normalized spacial score (nSPS) is 19.8. The van der Waals surface area contributed by atoms with E-state index in [9.17, 15) is 0 Å². The molecule has 1 aromatic heterocycles. The summed E-state index contributed by atoms with van der Waals surface area (Å²) < 4.78 is 0. The van der Waals surface area contributed by atoms with Crippen molar-refractivity contribution >= 4 is 11.3 Å². The minimum absolute atomic E-state index is 0.231. The molecule has 2 rings (SSSR count). The smallest absolute Gasteiger partial charge is 0.0338 e. The lowest BCUT2D eigenvalue weighted by Crippen LogP contribution is -2.55. The van der Waals surface area contributed by atoms with Crippen molar-refractivity contribution in [3.8, 4) is 0 Å². The Morgan fingerprint density at radius 1 is 1.26 bits per heavy atom. The number of thiophene rings is 1. The van der Waals surface area contributed by atoms with Crippen LogP contribution in [0.25, 0.3) is 0 Å². The van der Waals surface area contributed by atoms with Gasteiger partial charge in [-0.05, 0) is 38.1 Å². The summed E-state index contributed by atoms with van der Waals surface area (Å²) in [5.74, 6) is 0. The van der Waals surface area contributed by atoms with Gasteiger partial charge in [0.1, 0.15) is 0 Å². The molecule has 1 heterocycles. The van der Waals surface area contributed by atoms with E-state index in [0.29, 0.717) is 6.04 Å². The fraction of sp³-hybridized carbons (Fsp3) is 0.750. The summed E-state index contributed by atoms with van der Waals surface area (Å²) in [5.41, 5.74) is 6.47. The van der Waals surface area contributed by atoms with Gasteiger partial charge in [0, 0.05) is 29.5 Å². The number of hydrogen-bond acceptors (Lipinski definition) is 3. The Labute approximate surface area is 122 Å². The Morgan fingerprint density at radius 3 is 2.42 bits per heavy atom. The maximum absolute atomic E-state index is 6.24. The van der Waals surface area contributed by atoms with Gasteiger partial charge in [0.25, 0.3) is 0 Å². The zero-order chi connectivity index (χ0) is 13.7. The van der Waals surface area contributed by atoms with Crippen LogP contribution in [0.5, 0.6) is 0 Å². The fourth-order valence-electron chi connectivity index (χ4n) is 3.46. The first kappa shape index (κ1) is 15.0. The molecule has 3 heteroatoms. The van der Waals surface area contributed by atoms with Gasteiger partial charge in [-0.2, -0.15) is 0 Å². The molecule has 0 radical (unpaired) electrons. The molecule has 0 aromatic carbocycles. The van der Waals surface area contributed by atoms with Gasteiger partial charge in [-0.25, -0.2) is 0 Å². The SMILES string of the molecule is CC(C)N(Cc1cccs1)C1(CN)CCCCCC1. The molecule has 2 nitrogen and oxygen atoms in total. The number of hydrogen-bond donors (Lipinski definition) is 1. The molecule has 1 aliphatic rings. The predicted octanol–water partition coefficient (Wildman–Crippen LogP) is 4.01. The maximum Gasteiger partial charge on any atom is 0.0338 e.